The van der Waals surface area contributed by atoms with Gasteiger partial charge in [-0.1, -0.05) is 29.8 Å². The molecule has 2 heterocycles. The molecule has 2 aliphatic rings. The van der Waals surface area contributed by atoms with Gasteiger partial charge >= 0.3 is 0 Å². The highest BCUT2D eigenvalue weighted by atomic mass is 16.2. The number of nitrogens with zero attached hydrogens (tertiary/aromatic N) is 3. The summed E-state index contributed by atoms with van der Waals surface area (Å²) >= 11 is 0. The van der Waals surface area contributed by atoms with E-state index >= 15 is 0 Å². The minimum Gasteiger partial charge on any atom is -0.337 e. The largest absolute Gasteiger partial charge is 0.337 e. The van der Waals surface area contributed by atoms with Crippen molar-refractivity contribution in [1.82, 2.24) is 14.7 Å². The Morgan fingerprint density at radius 3 is 1.83 bits per heavy atom. The van der Waals surface area contributed by atoms with Crippen molar-refractivity contribution in [2.45, 2.75) is 19.9 Å². The average molecular weight is 405 g/mol. The summed E-state index contributed by atoms with van der Waals surface area (Å²) < 4.78 is 0. The number of hydrogen-bond donors (Lipinski definition) is 0. The maximum absolute atomic E-state index is 13.0. The minimum atomic E-state index is -0.892. The fraction of sp³-hybridized carbons (Fsp3) is 0.304. The predicted molar refractivity (Wildman–Crippen MR) is 110 cm³/mol. The van der Waals surface area contributed by atoms with E-state index in [1.165, 1.54) is 0 Å². The number of carbonyl (C=O) groups excluding carboxylic acids is 4. The molecular weight excluding hydrogens is 382 g/mol. The topological polar surface area (TPSA) is 78.0 Å². The maximum atomic E-state index is 13.0. The lowest BCUT2D eigenvalue weighted by Gasteiger charge is -2.37. The first-order chi connectivity index (χ1) is 14.4. The van der Waals surface area contributed by atoms with Crippen molar-refractivity contribution in [2.24, 2.45) is 0 Å². The molecule has 0 radical (unpaired) electrons. The van der Waals surface area contributed by atoms with E-state index in [-0.39, 0.29) is 11.8 Å². The first-order valence-electron chi connectivity index (χ1n) is 10.00. The highest BCUT2D eigenvalue weighted by Crippen LogP contribution is 2.25. The van der Waals surface area contributed by atoms with Gasteiger partial charge in [0.15, 0.2) is 0 Å². The Labute approximate surface area is 174 Å². The summed E-state index contributed by atoms with van der Waals surface area (Å²) in [4.78, 5) is 55.3. The molecule has 0 aliphatic carbocycles. The van der Waals surface area contributed by atoms with E-state index in [9.17, 15) is 19.2 Å². The monoisotopic (exact) mass is 405 g/mol. The molecule has 7 nitrogen and oxygen atoms in total. The zero-order valence-corrected chi connectivity index (χ0v) is 17.0. The number of benzene rings is 2. The predicted octanol–water partition coefficient (Wildman–Crippen LogP) is 1.96. The lowest BCUT2D eigenvalue weighted by Crippen LogP contribution is -2.56. The van der Waals surface area contributed by atoms with E-state index in [2.05, 4.69) is 0 Å². The normalized spacial score (nSPS) is 17.2. The number of fused-ring (bicyclic) bond motifs is 1. The zero-order valence-electron chi connectivity index (χ0n) is 17.0. The number of piperazine rings is 1. The number of aryl methyl sites for hydroxylation is 1. The zero-order chi connectivity index (χ0) is 21.4. The molecule has 2 aromatic rings. The molecule has 2 aromatic carbocycles. The highest BCUT2D eigenvalue weighted by molar-refractivity contribution is 6.22. The second-order valence-corrected chi connectivity index (χ2v) is 7.69. The number of imide groups is 1. The van der Waals surface area contributed by atoms with Crippen molar-refractivity contribution in [3.05, 3.63) is 70.8 Å². The molecular formula is C23H23N3O4. The number of amides is 4. The van der Waals surface area contributed by atoms with Gasteiger partial charge in [-0.3, -0.25) is 24.1 Å². The van der Waals surface area contributed by atoms with Crippen LogP contribution >= 0.6 is 0 Å². The molecule has 4 rings (SSSR count). The third kappa shape index (κ3) is 3.36. The molecule has 0 bridgehead atoms. The molecule has 154 valence electrons. The Morgan fingerprint density at radius 1 is 0.800 bits per heavy atom. The summed E-state index contributed by atoms with van der Waals surface area (Å²) in [5.74, 6) is -1.23. The Kier molecular flexibility index (Phi) is 5.11. The Bertz CT molecular complexity index is 988. The summed E-state index contributed by atoms with van der Waals surface area (Å²) in [6.07, 6.45) is 0. The van der Waals surface area contributed by atoms with E-state index in [0.717, 1.165) is 10.5 Å². The van der Waals surface area contributed by atoms with Crippen molar-refractivity contribution in [3.8, 4) is 0 Å². The first-order valence-corrected chi connectivity index (χ1v) is 10.00. The van der Waals surface area contributed by atoms with Crippen molar-refractivity contribution < 1.29 is 19.2 Å². The number of carbonyl (C=O) groups is 4. The maximum Gasteiger partial charge on any atom is 0.262 e. The van der Waals surface area contributed by atoms with E-state index in [1.807, 2.05) is 19.1 Å². The lowest BCUT2D eigenvalue weighted by molar-refractivity contribution is -0.136. The van der Waals surface area contributed by atoms with Crippen molar-refractivity contribution in [2.75, 3.05) is 26.2 Å². The van der Waals surface area contributed by atoms with Gasteiger partial charge < -0.3 is 9.80 Å². The van der Waals surface area contributed by atoms with Gasteiger partial charge in [0.1, 0.15) is 6.04 Å². The second kappa shape index (κ2) is 7.74. The van der Waals surface area contributed by atoms with Gasteiger partial charge in [-0.15, -0.1) is 0 Å². The van der Waals surface area contributed by atoms with E-state index in [0.29, 0.717) is 42.9 Å². The molecule has 0 aromatic heterocycles. The van der Waals surface area contributed by atoms with Gasteiger partial charge in [0, 0.05) is 31.7 Å². The van der Waals surface area contributed by atoms with Gasteiger partial charge in [-0.2, -0.15) is 0 Å². The molecule has 0 N–H and O–H groups in total. The molecule has 1 saturated heterocycles. The van der Waals surface area contributed by atoms with Gasteiger partial charge in [-0.05, 0) is 38.1 Å². The summed E-state index contributed by atoms with van der Waals surface area (Å²) in [7, 11) is 0. The van der Waals surface area contributed by atoms with Gasteiger partial charge in [0.25, 0.3) is 17.7 Å². The van der Waals surface area contributed by atoms with E-state index in [4.69, 9.17) is 0 Å². The van der Waals surface area contributed by atoms with Crippen molar-refractivity contribution in [3.63, 3.8) is 0 Å². The number of hydrogen-bond acceptors (Lipinski definition) is 4. The standard InChI is InChI=1S/C23H23N3O4/c1-15-7-9-17(10-8-15)21(28)25-13-11-24(12-14-25)20(27)16(2)26-22(29)18-5-3-4-6-19(18)23(26)30/h3-10,16H,11-14H2,1-2H3. The Balaban J connectivity index is 1.40. The van der Waals surface area contributed by atoms with Crippen LogP contribution in [0.3, 0.4) is 0 Å². The summed E-state index contributed by atoms with van der Waals surface area (Å²) in [5.41, 5.74) is 2.37. The fourth-order valence-electron chi connectivity index (χ4n) is 3.94. The lowest BCUT2D eigenvalue weighted by atomic mass is 10.1. The second-order valence-electron chi connectivity index (χ2n) is 7.69. The summed E-state index contributed by atoms with van der Waals surface area (Å²) in [6, 6.07) is 13.1. The van der Waals surface area contributed by atoms with Crippen molar-refractivity contribution in [1.29, 1.82) is 0 Å². The number of rotatable bonds is 3. The van der Waals surface area contributed by atoms with Gasteiger partial charge in [0.05, 0.1) is 11.1 Å². The molecule has 0 spiro atoms. The molecule has 30 heavy (non-hydrogen) atoms. The molecule has 0 saturated carbocycles. The molecule has 4 amide bonds. The van der Waals surface area contributed by atoms with Crippen LogP contribution in [-0.2, 0) is 4.79 Å². The van der Waals surface area contributed by atoms with Crippen LogP contribution < -0.4 is 0 Å². The van der Waals surface area contributed by atoms with E-state index < -0.39 is 17.9 Å². The van der Waals surface area contributed by atoms with E-state index in [1.54, 1.807) is 53.1 Å². The van der Waals surface area contributed by atoms with Crippen LogP contribution in [0.5, 0.6) is 0 Å². The Hall–Kier alpha value is -3.48. The van der Waals surface area contributed by atoms with Crippen LogP contribution in [0.25, 0.3) is 0 Å². The Morgan fingerprint density at radius 2 is 1.30 bits per heavy atom. The van der Waals surface area contributed by atoms with Crippen LogP contribution in [0.15, 0.2) is 48.5 Å². The van der Waals surface area contributed by atoms with Crippen LogP contribution in [0, 0.1) is 6.92 Å². The summed E-state index contributed by atoms with van der Waals surface area (Å²) in [6.45, 7) is 5.09. The molecule has 1 atom stereocenters. The van der Waals surface area contributed by atoms with Gasteiger partial charge in [-0.25, -0.2) is 0 Å². The van der Waals surface area contributed by atoms with Crippen LogP contribution in [0.1, 0.15) is 43.6 Å². The van der Waals surface area contributed by atoms with Crippen LogP contribution in [0.2, 0.25) is 0 Å². The SMILES string of the molecule is Cc1ccc(C(=O)N2CCN(C(=O)C(C)N3C(=O)c4ccccc4C3=O)CC2)cc1. The van der Waals surface area contributed by atoms with Crippen LogP contribution in [-0.4, -0.2) is 70.5 Å². The summed E-state index contributed by atoms with van der Waals surface area (Å²) in [5, 5.41) is 0. The smallest absolute Gasteiger partial charge is 0.262 e. The average Bonchev–Trinajstić information content (AvgIpc) is 3.03. The molecule has 7 heteroatoms. The highest BCUT2D eigenvalue weighted by Gasteiger charge is 2.42. The van der Waals surface area contributed by atoms with Crippen molar-refractivity contribution >= 4 is 23.6 Å². The first kappa shape index (κ1) is 19.8. The molecule has 2 aliphatic heterocycles. The third-order valence-corrected chi connectivity index (χ3v) is 5.75. The fourth-order valence-corrected chi connectivity index (χ4v) is 3.94. The molecule has 1 fully saturated rings. The van der Waals surface area contributed by atoms with Crippen LogP contribution in [0.4, 0.5) is 0 Å². The minimum absolute atomic E-state index is 0.0597. The quantitative estimate of drug-likeness (QED) is 0.732. The third-order valence-electron chi connectivity index (χ3n) is 5.75. The van der Waals surface area contributed by atoms with Gasteiger partial charge in [0.2, 0.25) is 5.91 Å². The molecule has 1 unspecified atom stereocenters.